The van der Waals surface area contributed by atoms with Gasteiger partial charge in [-0.1, -0.05) is 30.3 Å². The Morgan fingerprint density at radius 1 is 1.14 bits per heavy atom. The number of H-pyrrole nitrogens is 2. The Labute approximate surface area is 205 Å². The molecular weight excluding hydrogens is 510 g/mol. The van der Waals surface area contributed by atoms with Gasteiger partial charge in [0.25, 0.3) is 0 Å². The average molecular weight is 532 g/mol. The predicted molar refractivity (Wildman–Crippen MR) is 117 cm³/mol. The minimum Gasteiger partial charge on any atom is -0.393 e. The van der Waals surface area contributed by atoms with Crippen LogP contribution in [-0.2, 0) is 27.4 Å². The SMILES string of the molecule is C[C@]1(c2ccccc2)[C@@H](O[C@H](CO)c2cc(C(F)(F)F)cc(C(F)(F)F)c2)OCCN1c1n[nH]c(=O)[nH]1. The van der Waals surface area contributed by atoms with Gasteiger partial charge in [0.05, 0.1) is 24.3 Å². The van der Waals surface area contributed by atoms with E-state index in [4.69, 9.17) is 9.47 Å². The molecule has 2 heterocycles. The molecule has 200 valence electrons. The number of nitrogens with one attached hydrogen (secondary N) is 2. The second-order valence-corrected chi connectivity index (χ2v) is 8.52. The minimum atomic E-state index is -5.07. The molecule has 1 aliphatic rings. The molecule has 1 fully saturated rings. The molecule has 37 heavy (non-hydrogen) atoms. The van der Waals surface area contributed by atoms with Crippen LogP contribution in [0.5, 0.6) is 0 Å². The maximum Gasteiger partial charge on any atom is 0.416 e. The Hall–Kier alpha value is -3.36. The number of hydrogen-bond donors (Lipinski definition) is 3. The van der Waals surface area contributed by atoms with Crippen molar-refractivity contribution >= 4 is 5.95 Å². The first-order valence-electron chi connectivity index (χ1n) is 11.0. The van der Waals surface area contributed by atoms with Crippen molar-refractivity contribution in [2.75, 3.05) is 24.7 Å². The smallest absolute Gasteiger partial charge is 0.393 e. The van der Waals surface area contributed by atoms with Crippen molar-refractivity contribution < 1.29 is 40.9 Å². The third-order valence-electron chi connectivity index (χ3n) is 6.14. The summed E-state index contributed by atoms with van der Waals surface area (Å²) in [5.41, 5.74) is -4.89. The molecule has 14 heteroatoms. The summed E-state index contributed by atoms with van der Waals surface area (Å²) in [5, 5.41) is 16.2. The van der Waals surface area contributed by atoms with Crippen LogP contribution < -0.4 is 10.6 Å². The van der Waals surface area contributed by atoms with Crippen LogP contribution in [0.4, 0.5) is 32.3 Å². The van der Waals surface area contributed by atoms with Gasteiger partial charge in [-0.25, -0.2) is 9.89 Å². The first-order valence-corrected chi connectivity index (χ1v) is 11.0. The van der Waals surface area contributed by atoms with Gasteiger partial charge in [0.15, 0.2) is 6.29 Å². The number of benzene rings is 2. The second kappa shape index (κ2) is 9.84. The fourth-order valence-corrected chi connectivity index (χ4v) is 4.27. The molecule has 3 atom stereocenters. The van der Waals surface area contributed by atoms with Gasteiger partial charge in [-0.2, -0.15) is 26.3 Å². The fourth-order valence-electron chi connectivity index (χ4n) is 4.27. The maximum absolute atomic E-state index is 13.4. The van der Waals surface area contributed by atoms with Crippen LogP contribution >= 0.6 is 0 Å². The molecule has 1 aliphatic heterocycles. The highest BCUT2D eigenvalue weighted by Crippen LogP contribution is 2.42. The van der Waals surface area contributed by atoms with E-state index in [1.54, 1.807) is 42.2 Å². The monoisotopic (exact) mass is 532 g/mol. The lowest BCUT2D eigenvalue weighted by Gasteiger charge is -2.49. The van der Waals surface area contributed by atoms with Crippen molar-refractivity contribution in [3.05, 3.63) is 81.3 Å². The Balaban J connectivity index is 1.78. The zero-order valence-corrected chi connectivity index (χ0v) is 19.2. The zero-order chi connectivity index (χ0) is 27.0. The van der Waals surface area contributed by atoms with E-state index < -0.39 is 59.3 Å². The van der Waals surface area contributed by atoms with Crippen LogP contribution in [0.3, 0.4) is 0 Å². The number of aliphatic hydroxyl groups is 1. The standard InChI is InChI=1S/C23H22F6N4O4/c1-21(14-5-3-2-4-6-14)18(36-8-7-33(21)19-30-20(35)32-31-19)37-17(12-34)13-9-15(22(24,25)26)11-16(10-13)23(27,28)29/h2-6,9-11,17-18,34H,7-8,12H2,1H3,(H2,30,31,32,35)/t17-,18-,21+/m1/s1. The minimum absolute atomic E-state index is 0.00121. The molecule has 0 bridgehead atoms. The lowest BCUT2D eigenvalue weighted by Crippen LogP contribution is -2.60. The number of aromatic nitrogens is 3. The molecule has 0 spiro atoms. The number of rotatable bonds is 6. The average Bonchev–Trinajstić information content (AvgIpc) is 3.28. The molecule has 0 amide bonds. The molecule has 1 saturated heterocycles. The molecular formula is C23H22F6N4O4. The quantitative estimate of drug-likeness (QED) is 0.416. The molecule has 1 aromatic heterocycles. The Bertz CT molecular complexity index is 1240. The Morgan fingerprint density at radius 3 is 2.27 bits per heavy atom. The van der Waals surface area contributed by atoms with Gasteiger partial charge in [0, 0.05) is 6.54 Å². The zero-order valence-electron chi connectivity index (χ0n) is 19.2. The molecule has 3 N–H and O–H groups in total. The molecule has 2 aromatic carbocycles. The van der Waals surface area contributed by atoms with E-state index in [0.717, 1.165) is 0 Å². The highest BCUT2D eigenvalue weighted by atomic mass is 19.4. The number of aromatic amines is 2. The summed E-state index contributed by atoms with van der Waals surface area (Å²) in [7, 11) is 0. The first-order chi connectivity index (χ1) is 17.3. The summed E-state index contributed by atoms with van der Waals surface area (Å²) in [4.78, 5) is 15.9. The number of ether oxygens (including phenoxy) is 2. The second-order valence-electron chi connectivity index (χ2n) is 8.52. The van der Waals surface area contributed by atoms with E-state index in [1.165, 1.54) is 0 Å². The number of morpholine rings is 1. The van der Waals surface area contributed by atoms with Crippen molar-refractivity contribution in [3.8, 4) is 0 Å². The van der Waals surface area contributed by atoms with E-state index >= 15 is 0 Å². The van der Waals surface area contributed by atoms with Crippen molar-refractivity contribution in [1.82, 2.24) is 15.2 Å². The molecule has 0 saturated carbocycles. The predicted octanol–water partition coefficient (Wildman–Crippen LogP) is 3.96. The number of hydrogen-bond acceptors (Lipinski definition) is 6. The van der Waals surface area contributed by atoms with Crippen LogP contribution in [0, 0.1) is 0 Å². The van der Waals surface area contributed by atoms with E-state index in [0.29, 0.717) is 17.7 Å². The normalized spacial score (nSPS) is 21.7. The van der Waals surface area contributed by atoms with Gasteiger partial charge in [-0.15, -0.1) is 5.10 Å². The topological polar surface area (TPSA) is 103 Å². The van der Waals surface area contributed by atoms with Crippen LogP contribution in [0.2, 0.25) is 0 Å². The molecule has 0 unspecified atom stereocenters. The molecule has 0 aliphatic carbocycles. The molecule has 0 radical (unpaired) electrons. The van der Waals surface area contributed by atoms with E-state index in [1.807, 2.05) is 0 Å². The van der Waals surface area contributed by atoms with Crippen LogP contribution in [0.15, 0.2) is 53.3 Å². The third-order valence-corrected chi connectivity index (χ3v) is 6.14. The van der Waals surface area contributed by atoms with Gasteiger partial charge in [-0.3, -0.25) is 4.98 Å². The third kappa shape index (κ3) is 5.36. The maximum atomic E-state index is 13.4. The first kappa shape index (κ1) is 26.7. The summed E-state index contributed by atoms with van der Waals surface area (Å²) < 4.78 is 92.2. The number of nitrogens with zero attached hydrogens (tertiary/aromatic N) is 2. The lowest BCUT2D eigenvalue weighted by molar-refractivity contribution is -0.225. The lowest BCUT2D eigenvalue weighted by atomic mass is 9.88. The van der Waals surface area contributed by atoms with Crippen molar-refractivity contribution in [2.45, 2.75) is 37.2 Å². The van der Waals surface area contributed by atoms with Crippen LogP contribution in [0.25, 0.3) is 0 Å². The largest absolute Gasteiger partial charge is 0.416 e. The summed E-state index contributed by atoms with van der Waals surface area (Å²) in [5.74, 6) is 0.118. The van der Waals surface area contributed by atoms with Gasteiger partial charge < -0.3 is 19.5 Å². The van der Waals surface area contributed by atoms with Crippen molar-refractivity contribution in [3.63, 3.8) is 0 Å². The Morgan fingerprint density at radius 2 is 1.76 bits per heavy atom. The van der Waals surface area contributed by atoms with Gasteiger partial charge in [0.1, 0.15) is 11.6 Å². The number of alkyl halides is 6. The van der Waals surface area contributed by atoms with Gasteiger partial charge in [0.2, 0.25) is 5.95 Å². The van der Waals surface area contributed by atoms with E-state index in [2.05, 4.69) is 15.2 Å². The number of aliphatic hydroxyl groups excluding tert-OH is 1. The highest BCUT2D eigenvalue weighted by Gasteiger charge is 2.48. The van der Waals surface area contributed by atoms with Gasteiger partial charge in [-0.05, 0) is 36.2 Å². The van der Waals surface area contributed by atoms with Gasteiger partial charge >= 0.3 is 18.0 Å². The number of halogens is 6. The van der Waals surface area contributed by atoms with E-state index in [9.17, 15) is 36.2 Å². The summed E-state index contributed by atoms with van der Waals surface area (Å²) in [6.45, 7) is 0.928. The highest BCUT2D eigenvalue weighted by molar-refractivity contribution is 5.42. The molecule has 8 nitrogen and oxygen atoms in total. The molecule has 3 aromatic rings. The van der Waals surface area contributed by atoms with Crippen molar-refractivity contribution in [1.29, 1.82) is 0 Å². The van der Waals surface area contributed by atoms with E-state index in [-0.39, 0.29) is 25.2 Å². The fraction of sp³-hybridized carbons (Fsp3) is 0.391. The summed E-state index contributed by atoms with van der Waals surface area (Å²) in [6.07, 6.45) is -13.1. The Kier molecular flexibility index (Phi) is 7.10. The van der Waals surface area contributed by atoms with Crippen LogP contribution in [0.1, 0.15) is 35.3 Å². The van der Waals surface area contributed by atoms with Crippen LogP contribution in [-0.4, -0.2) is 46.3 Å². The van der Waals surface area contributed by atoms with Crippen molar-refractivity contribution in [2.24, 2.45) is 0 Å². The number of anilines is 1. The summed E-state index contributed by atoms with van der Waals surface area (Å²) >= 11 is 0. The molecule has 4 rings (SSSR count). The summed E-state index contributed by atoms with van der Waals surface area (Å²) in [6, 6.07) is 9.59.